The Hall–Kier alpha value is -1.65. The second kappa shape index (κ2) is 6.33. The van der Waals surface area contributed by atoms with Gasteiger partial charge in [-0.2, -0.15) is 8.78 Å². The summed E-state index contributed by atoms with van der Waals surface area (Å²) >= 11 is 0. The van der Waals surface area contributed by atoms with Gasteiger partial charge in [0.1, 0.15) is 5.75 Å². The van der Waals surface area contributed by atoms with Crippen LogP contribution < -0.4 is 4.74 Å². The van der Waals surface area contributed by atoms with Crippen LogP contribution in [0.4, 0.5) is 8.78 Å². The first-order chi connectivity index (χ1) is 8.40. The van der Waals surface area contributed by atoms with Crippen molar-refractivity contribution in [3.8, 4) is 5.75 Å². The topological polar surface area (TPSA) is 29.5 Å². The van der Waals surface area contributed by atoms with Crippen LogP contribution in [-0.4, -0.2) is 24.5 Å². The Labute approximate surface area is 105 Å². The Balaban J connectivity index is 2.61. The number of ether oxygens (including phenoxy) is 1. The third kappa shape index (κ3) is 4.31. The summed E-state index contributed by atoms with van der Waals surface area (Å²) in [6.45, 7) is 1.30. The van der Waals surface area contributed by atoms with Crippen molar-refractivity contribution in [2.24, 2.45) is 5.92 Å². The summed E-state index contributed by atoms with van der Waals surface area (Å²) in [6, 6.07) is 6.27. The smallest absolute Gasteiger partial charge is 0.387 e. The summed E-state index contributed by atoms with van der Waals surface area (Å²) < 4.78 is 28.1. The molecule has 0 N–H and O–H groups in total. The molecule has 0 aliphatic heterocycles. The number of benzene rings is 1. The molecule has 0 aliphatic rings. The van der Waals surface area contributed by atoms with Gasteiger partial charge in [-0.15, -0.1) is 0 Å². The fourth-order valence-corrected chi connectivity index (χ4v) is 1.57. The number of halogens is 2. The first kappa shape index (κ1) is 14.4. The molecule has 1 aromatic rings. The first-order valence-electron chi connectivity index (χ1n) is 5.69. The van der Waals surface area contributed by atoms with Crippen LogP contribution in [0.1, 0.15) is 19.4 Å². The zero-order valence-corrected chi connectivity index (χ0v) is 10.7. The maximum absolute atomic E-state index is 12.0. The van der Waals surface area contributed by atoms with E-state index in [4.69, 9.17) is 0 Å². The zero-order valence-electron chi connectivity index (χ0n) is 10.7. The molecule has 18 heavy (non-hydrogen) atoms. The van der Waals surface area contributed by atoms with Gasteiger partial charge in [-0.05, 0) is 17.7 Å². The van der Waals surface area contributed by atoms with Crippen LogP contribution in [0.5, 0.6) is 5.75 Å². The number of alkyl halides is 2. The number of hydrogen-bond donors (Lipinski definition) is 0. The van der Waals surface area contributed by atoms with Crippen molar-refractivity contribution in [3.05, 3.63) is 29.8 Å². The summed E-state index contributed by atoms with van der Waals surface area (Å²) in [5, 5.41) is 0. The number of nitrogens with zero attached hydrogens (tertiary/aromatic N) is 1. The van der Waals surface area contributed by atoms with Gasteiger partial charge in [0.25, 0.3) is 0 Å². The summed E-state index contributed by atoms with van der Waals surface area (Å²) in [6.07, 6.45) is 0. The second-order valence-corrected chi connectivity index (χ2v) is 4.37. The van der Waals surface area contributed by atoms with Crippen molar-refractivity contribution in [1.82, 2.24) is 4.90 Å². The summed E-state index contributed by atoms with van der Waals surface area (Å²) in [5.74, 6) is 0.103. The summed E-state index contributed by atoms with van der Waals surface area (Å²) in [4.78, 5) is 13.3. The van der Waals surface area contributed by atoms with Crippen LogP contribution in [0.25, 0.3) is 0 Å². The van der Waals surface area contributed by atoms with Crippen LogP contribution in [0.2, 0.25) is 0 Å². The van der Waals surface area contributed by atoms with E-state index in [9.17, 15) is 13.6 Å². The second-order valence-electron chi connectivity index (χ2n) is 4.37. The van der Waals surface area contributed by atoms with Gasteiger partial charge in [0.15, 0.2) is 0 Å². The minimum atomic E-state index is -2.82. The van der Waals surface area contributed by atoms with Crippen LogP contribution in [-0.2, 0) is 11.3 Å². The highest BCUT2D eigenvalue weighted by atomic mass is 19.3. The highest BCUT2D eigenvalue weighted by Crippen LogP contribution is 2.16. The van der Waals surface area contributed by atoms with E-state index in [2.05, 4.69) is 4.74 Å². The van der Waals surface area contributed by atoms with E-state index in [0.717, 1.165) is 5.56 Å². The highest BCUT2D eigenvalue weighted by Gasteiger charge is 2.13. The third-order valence-corrected chi connectivity index (χ3v) is 2.44. The number of rotatable bonds is 5. The van der Waals surface area contributed by atoms with Crippen molar-refractivity contribution >= 4 is 5.91 Å². The van der Waals surface area contributed by atoms with E-state index in [1.54, 1.807) is 24.1 Å². The van der Waals surface area contributed by atoms with Crippen molar-refractivity contribution in [2.75, 3.05) is 7.05 Å². The van der Waals surface area contributed by atoms with Gasteiger partial charge in [0.05, 0.1) is 0 Å². The SMILES string of the molecule is CC(C)C(=O)N(C)Cc1ccc(OC(F)F)cc1. The minimum absolute atomic E-state index is 0.0444. The number of hydrogen-bond acceptors (Lipinski definition) is 2. The molecule has 1 amide bonds. The molecule has 0 unspecified atom stereocenters. The molecule has 0 saturated heterocycles. The highest BCUT2D eigenvalue weighted by molar-refractivity contribution is 5.77. The lowest BCUT2D eigenvalue weighted by atomic mass is 10.1. The molecule has 0 heterocycles. The maximum atomic E-state index is 12.0. The average molecular weight is 257 g/mol. The third-order valence-electron chi connectivity index (χ3n) is 2.44. The van der Waals surface area contributed by atoms with Crippen LogP contribution >= 0.6 is 0 Å². The van der Waals surface area contributed by atoms with E-state index in [-0.39, 0.29) is 17.6 Å². The normalized spacial score (nSPS) is 10.8. The average Bonchev–Trinajstić information content (AvgIpc) is 2.29. The lowest BCUT2D eigenvalue weighted by Crippen LogP contribution is -2.29. The van der Waals surface area contributed by atoms with Crippen LogP contribution in [0.3, 0.4) is 0 Å². The quantitative estimate of drug-likeness (QED) is 0.811. The van der Waals surface area contributed by atoms with Crippen LogP contribution in [0, 0.1) is 5.92 Å². The molecule has 5 heteroatoms. The van der Waals surface area contributed by atoms with Crippen molar-refractivity contribution in [2.45, 2.75) is 27.0 Å². The Morgan fingerprint density at radius 3 is 2.28 bits per heavy atom. The van der Waals surface area contributed by atoms with Gasteiger partial charge in [0.2, 0.25) is 5.91 Å². The molecule has 0 radical (unpaired) electrons. The predicted octanol–water partition coefficient (Wildman–Crippen LogP) is 2.90. The minimum Gasteiger partial charge on any atom is -0.435 e. The molecule has 0 atom stereocenters. The molecular formula is C13H17F2NO2. The van der Waals surface area contributed by atoms with Gasteiger partial charge in [-0.25, -0.2) is 0 Å². The van der Waals surface area contributed by atoms with E-state index >= 15 is 0 Å². The molecule has 0 spiro atoms. The Kier molecular flexibility index (Phi) is 5.07. The first-order valence-corrected chi connectivity index (χ1v) is 5.69. The van der Waals surface area contributed by atoms with E-state index in [1.165, 1.54) is 12.1 Å². The van der Waals surface area contributed by atoms with Gasteiger partial charge in [0, 0.05) is 19.5 Å². The van der Waals surface area contributed by atoms with E-state index in [1.807, 2.05) is 13.8 Å². The van der Waals surface area contributed by atoms with Crippen molar-refractivity contribution < 1.29 is 18.3 Å². The van der Waals surface area contributed by atoms with Gasteiger partial charge >= 0.3 is 6.61 Å². The van der Waals surface area contributed by atoms with Gasteiger partial charge in [-0.1, -0.05) is 26.0 Å². The molecule has 0 bridgehead atoms. The van der Waals surface area contributed by atoms with Crippen molar-refractivity contribution in [1.29, 1.82) is 0 Å². The standard InChI is InChI=1S/C13H17F2NO2/c1-9(2)12(17)16(3)8-10-4-6-11(7-5-10)18-13(14)15/h4-7,9,13H,8H2,1-3H3. The van der Waals surface area contributed by atoms with Crippen molar-refractivity contribution in [3.63, 3.8) is 0 Å². The van der Waals surface area contributed by atoms with Gasteiger partial charge in [-0.3, -0.25) is 4.79 Å². The number of carbonyl (C=O) groups excluding carboxylic acids is 1. The lowest BCUT2D eigenvalue weighted by Gasteiger charge is -2.19. The Morgan fingerprint density at radius 1 is 1.28 bits per heavy atom. The molecule has 3 nitrogen and oxygen atoms in total. The lowest BCUT2D eigenvalue weighted by molar-refractivity contribution is -0.133. The molecule has 0 aliphatic carbocycles. The predicted molar refractivity (Wildman–Crippen MR) is 64.4 cm³/mol. The Morgan fingerprint density at radius 2 is 1.83 bits per heavy atom. The summed E-state index contributed by atoms with van der Waals surface area (Å²) in [5.41, 5.74) is 0.869. The molecule has 1 aromatic carbocycles. The van der Waals surface area contributed by atoms with Gasteiger partial charge < -0.3 is 9.64 Å². The number of amides is 1. The molecule has 100 valence electrons. The number of carbonyl (C=O) groups is 1. The molecule has 0 saturated carbocycles. The molecular weight excluding hydrogens is 240 g/mol. The monoisotopic (exact) mass is 257 g/mol. The zero-order chi connectivity index (χ0) is 13.7. The largest absolute Gasteiger partial charge is 0.435 e. The molecule has 1 rings (SSSR count). The van der Waals surface area contributed by atoms with E-state index < -0.39 is 6.61 Å². The van der Waals surface area contributed by atoms with Crippen LogP contribution in [0.15, 0.2) is 24.3 Å². The molecule has 0 aromatic heterocycles. The molecule has 0 fully saturated rings. The summed E-state index contributed by atoms with van der Waals surface area (Å²) in [7, 11) is 1.71. The maximum Gasteiger partial charge on any atom is 0.387 e. The fraction of sp³-hybridized carbons (Fsp3) is 0.462. The fourth-order valence-electron chi connectivity index (χ4n) is 1.57. The Bertz CT molecular complexity index is 390. The van der Waals surface area contributed by atoms with E-state index in [0.29, 0.717) is 6.54 Å².